The van der Waals surface area contributed by atoms with Crippen molar-refractivity contribution in [3.8, 4) is 17.2 Å². The summed E-state index contributed by atoms with van der Waals surface area (Å²) in [4.78, 5) is 21.4. The van der Waals surface area contributed by atoms with Gasteiger partial charge in [-0.2, -0.15) is 10.4 Å². The average molecular weight is 509 g/mol. The fourth-order valence-electron chi connectivity index (χ4n) is 7.60. The molecule has 2 aliphatic heterocycles. The molecule has 38 heavy (non-hydrogen) atoms. The van der Waals surface area contributed by atoms with Gasteiger partial charge >= 0.3 is 0 Å². The SMILES string of the molecule is C=CC(=O)N1CC2(CCN(c3nc4c(c(-c5c(C)ccc6cnn(C)c56)c3C#N)CC[C@@H]3C[C@@H]43)[C@@H]2CO)C1. The minimum absolute atomic E-state index is 0.0442. The van der Waals surface area contributed by atoms with Crippen LogP contribution >= 0.6 is 0 Å². The van der Waals surface area contributed by atoms with Gasteiger partial charge in [-0.3, -0.25) is 9.48 Å². The van der Waals surface area contributed by atoms with E-state index in [9.17, 15) is 15.2 Å². The first-order valence-electron chi connectivity index (χ1n) is 13.6. The Morgan fingerprint density at radius 2 is 2.16 bits per heavy atom. The Hall–Kier alpha value is -3.70. The number of amides is 1. The second-order valence-electron chi connectivity index (χ2n) is 11.7. The first-order valence-corrected chi connectivity index (χ1v) is 13.6. The van der Waals surface area contributed by atoms with Crippen LogP contribution in [0, 0.1) is 29.6 Å². The molecule has 194 valence electrons. The third-order valence-corrected chi connectivity index (χ3v) is 9.70. The molecule has 0 unspecified atom stereocenters. The molecule has 2 saturated heterocycles. The standard InChI is InChI=1S/C30H32N6O2/c1-4-24(38)35-15-30(16-35)9-10-36(23(30)14-37)29-22(12-31)26(20-8-7-18-11-21(18)27(20)33-29)25-17(2)5-6-19-13-32-34(3)28(19)25/h4-6,13,18,21,23,37H,1,7-11,14-16H2,2-3H3/t18-,21-,23-/m1/s1. The van der Waals surface area contributed by atoms with Gasteiger partial charge in [-0.1, -0.05) is 18.7 Å². The Morgan fingerprint density at radius 1 is 1.34 bits per heavy atom. The first kappa shape index (κ1) is 23.4. The summed E-state index contributed by atoms with van der Waals surface area (Å²) in [5.74, 6) is 1.75. The zero-order chi connectivity index (χ0) is 26.3. The van der Waals surface area contributed by atoms with Gasteiger partial charge in [-0.15, -0.1) is 0 Å². The number of aromatic nitrogens is 3. The van der Waals surface area contributed by atoms with Crippen LogP contribution < -0.4 is 4.90 Å². The molecule has 7 rings (SSSR count). The number of rotatable bonds is 4. The number of benzene rings is 1. The van der Waals surface area contributed by atoms with E-state index >= 15 is 0 Å². The lowest BCUT2D eigenvalue weighted by Gasteiger charge is -2.51. The number of anilines is 1. The van der Waals surface area contributed by atoms with E-state index in [2.05, 4.69) is 41.7 Å². The molecule has 8 heteroatoms. The highest BCUT2D eigenvalue weighted by Crippen LogP contribution is 2.57. The predicted octanol–water partition coefficient (Wildman–Crippen LogP) is 3.45. The lowest BCUT2D eigenvalue weighted by molar-refractivity contribution is -0.138. The van der Waals surface area contributed by atoms with Gasteiger partial charge in [0.1, 0.15) is 17.5 Å². The van der Waals surface area contributed by atoms with Gasteiger partial charge in [0.05, 0.1) is 30.1 Å². The molecule has 0 bridgehead atoms. The van der Waals surface area contributed by atoms with Crippen LogP contribution in [-0.4, -0.2) is 63.0 Å². The van der Waals surface area contributed by atoms with E-state index in [0.29, 0.717) is 42.9 Å². The Kier molecular flexibility index (Phi) is 5.02. The molecule has 8 nitrogen and oxygen atoms in total. The smallest absolute Gasteiger partial charge is 0.245 e. The molecular weight excluding hydrogens is 476 g/mol. The van der Waals surface area contributed by atoms with Crippen LogP contribution in [0.4, 0.5) is 5.82 Å². The fraction of sp³-hybridized carbons (Fsp3) is 0.467. The topological polar surface area (TPSA) is 98.3 Å². The molecule has 3 aromatic rings. The predicted molar refractivity (Wildman–Crippen MR) is 145 cm³/mol. The largest absolute Gasteiger partial charge is 0.394 e. The summed E-state index contributed by atoms with van der Waals surface area (Å²) in [5.41, 5.74) is 6.96. The number of hydrogen-bond donors (Lipinski definition) is 1. The van der Waals surface area contributed by atoms with Crippen molar-refractivity contribution < 1.29 is 9.90 Å². The molecule has 1 N–H and O–H groups in total. The van der Waals surface area contributed by atoms with Crippen molar-refractivity contribution in [2.24, 2.45) is 18.4 Å². The molecule has 2 aromatic heterocycles. The molecule has 1 spiro atoms. The number of hydrogen-bond acceptors (Lipinski definition) is 6. The molecule has 1 amide bonds. The van der Waals surface area contributed by atoms with Crippen LogP contribution in [0.15, 0.2) is 31.0 Å². The molecule has 3 atom stereocenters. The Bertz CT molecular complexity index is 1560. The molecule has 3 fully saturated rings. The summed E-state index contributed by atoms with van der Waals surface area (Å²) in [6.07, 6.45) is 7.30. The van der Waals surface area contributed by atoms with Gasteiger partial charge in [-0.25, -0.2) is 4.98 Å². The monoisotopic (exact) mass is 508 g/mol. The number of carbonyl (C=O) groups is 1. The van der Waals surface area contributed by atoms with E-state index in [1.165, 1.54) is 11.6 Å². The minimum atomic E-state index is -0.200. The van der Waals surface area contributed by atoms with Gasteiger partial charge in [0.2, 0.25) is 5.91 Å². The van der Waals surface area contributed by atoms with Gasteiger partial charge in [0.15, 0.2) is 0 Å². The van der Waals surface area contributed by atoms with E-state index in [1.807, 2.05) is 17.9 Å². The van der Waals surface area contributed by atoms with Crippen LogP contribution in [-0.2, 0) is 18.3 Å². The van der Waals surface area contributed by atoms with Crippen LogP contribution in [0.2, 0.25) is 0 Å². The number of aryl methyl sites for hydroxylation is 2. The molecule has 2 aliphatic carbocycles. The Balaban J connectivity index is 1.43. The maximum atomic E-state index is 12.2. The van der Waals surface area contributed by atoms with Crippen molar-refractivity contribution in [1.29, 1.82) is 5.26 Å². The van der Waals surface area contributed by atoms with Crippen molar-refractivity contribution >= 4 is 22.6 Å². The fourth-order valence-corrected chi connectivity index (χ4v) is 7.60. The molecular formula is C30H32N6O2. The summed E-state index contributed by atoms with van der Waals surface area (Å²) in [7, 11) is 1.96. The third kappa shape index (κ3) is 3.08. The summed E-state index contributed by atoms with van der Waals surface area (Å²) in [6.45, 7) is 7.58. The van der Waals surface area contributed by atoms with Gasteiger partial charge < -0.3 is 14.9 Å². The van der Waals surface area contributed by atoms with Crippen LogP contribution in [0.25, 0.3) is 22.0 Å². The lowest BCUT2D eigenvalue weighted by atomic mass is 9.73. The molecule has 4 aliphatic rings. The van der Waals surface area contributed by atoms with E-state index in [-0.39, 0.29) is 24.0 Å². The number of nitriles is 1. The van der Waals surface area contributed by atoms with Gasteiger partial charge in [-0.05, 0) is 55.7 Å². The number of nitrogens with zero attached hydrogens (tertiary/aromatic N) is 6. The van der Waals surface area contributed by atoms with Crippen molar-refractivity contribution in [2.45, 2.75) is 44.6 Å². The zero-order valence-electron chi connectivity index (χ0n) is 21.9. The number of aliphatic hydroxyl groups is 1. The first-order chi connectivity index (χ1) is 18.4. The maximum absolute atomic E-state index is 12.2. The summed E-state index contributed by atoms with van der Waals surface area (Å²) >= 11 is 0. The van der Waals surface area contributed by atoms with Crippen molar-refractivity contribution in [3.05, 3.63) is 53.4 Å². The van der Waals surface area contributed by atoms with Crippen LogP contribution in [0.5, 0.6) is 0 Å². The highest BCUT2D eigenvalue weighted by atomic mass is 16.3. The average Bonchev–Trinajstić information content (AvgIpc) is 3.48. The summed E-state index contributed by atoms with van der Waals surface area (Å²) in [5, 5.41) is 27.0. The van der Waals surface area contributed by atoms with Crippen molar-refractivity contribution in [3.63, 3.8) is 0 Å². The van der Waals surface area contributed by atoms with E-state index in [4.69, 9.17) is 4.98 Å². The second-order valence-corrected chi connectivity index (χ2v) is 11.7. The summed E-state index contributed by atoms with van der Waals surface area (Å²) in [6, 6.07) is 6.59. The van der Waals surface area contributed by atoms with Crippen molar-refractivity contribution in [1.82, 2.24) is 19.7 Å². The highest BCUT2D eigenvalue weighted by molar-refractivity contribution is 5.99. The maximum Gasteiger partial charge on any atom is 0.245 e. The summed E-state index contributed by atoms with van der Waals surface area (Å²) < 4.78 is 1.91. The minimum Gasteiger partial charge on any atom is -0.394 e. The third-order valence-electron chi connectivity index (χ3n) is 9.70. The van der Waals surface area contributed by atoms with Crippen LogP contribution in [0.3, 0.4) is 0 Å². The Morgan fingerprint density at radius 3 is 2.89 bits per heavy atom. The molecule has 4 heterocycles. The number of likely N-dealkylation sites (tertiary alicyclic amines) is 1. The molecule has 0 radical (unpaired) electrons. The lowest BCUT2D eigenvalue weighted by Crippen LogP contribution is -2.64. The van der Waals surface area contributed by atoms with E-state index < -0.39 is 0 Å². The number of fused-ring (bicyclic) bond motifs is 4. The number of carbonyl (C=O) groups excluding carboxylic acids is 1. The number of pyridine rings is 1. The second kappa shape index (κ2) is 8.15. The Labute approximate surface area is 222 Å². The van der Waals surface area contributed by atoms with Gasteiger partial charge in [0.25, 0.3) is 0 Å². The molecule has 1 saturated carbocycles. The quantitative estimate of drug-likeness (QED) is 0.542. The van der Waals surface area contributed by atoms with Gasteiger partial charge in [0, 0.05) is 54.5 Å². The van der Waals surface area contributed by atoms with E-state index in [0.717, 1.165) is 59.0 Å². The highest BCUT2D eigenvalue weighted by Gasteiger charge is 2.56. The van der Waals surface area contributed by atoms with E-state index in [1.54, 1.807) is 4.90 Å². The number of aliphatic hydroxyl groups excluding tert-OH is 1. The normalized spacial score (nSPS) is 24.6. The zero-order valence-corrected chi connectivity index (χ0v) is 21.9. The molecule has 1 aromatic carbocycles. The van der Waals surface area contributed by atoms with Crippen LogP contribution in [0.1, 0.15) is 47.6 Å². The van der Waals surface area contributed by atoms with Crippen molar-refractivity contribution in [2.75, 3.05) is 31.1 Å².